The molecule has 0 saturated heterocycles. The zero-order chi connectivity index (χ0) is 19.8. The van der Waals surface area contributed by atoms with Gasteiger partial charge in [-0.1, -0.05) is 24.3 Å². The molecule has 6 nitrogen and oxygen atoms in total. The van der Waals surface area contributed by atoms with Crippen LogP contribution in [0.4, 0.5) is 0 Å². The first-order chi connectivity index (χ1) is 13.5. The third kappa shape index (κ3) is 2.83. The summed E-state index contributed by atoms with van der Waals surface area (Å²) >= 11 is 0. The number of aromatic nitrogens is 2. The first kappa shape index (κ1) is 17.9. The van der Waals surface area contributed by atoms with Crippen molar-refractivity contribution < 1.29 is 9.47 Å². The molecule has 0 N–H and O–H groups in total. The Bertz CT molecular complexity index is 1220. The van der Waals surface area contributed by atoms with Crippen molar-refractivity contribution in [1.29, 1.82) is 0 Å². The molecular weight excluding hydrogens is 356 g/mol. The molecule has 1 aliphatic rings. The zero-order valence-electron chi connectivity index (χ0n) is 15.9. The maximum atomic E-state index is 12.9. The smallest absolute Gasteiger partial charge is 0.293 e. The number of para-hydroxylation sites is 2. The van der Waals surface area contributed by atoms with E-state index in [4.69, 9.17) is 9.47 Å². The highest BCUT2D eigenvalue weighted by Crippen LogP contribution is 2.37. The lowest BCUT2D eigenvalue weighted by Crippen LogP contribution is -2.22. The van der Waals surface area contributed by atoms with Gasteiger partial charge < -0.3 is 18.6 Å². The summed E-state index contributed by atoms with van der Waals surface area (Å²) in [5.41, 5.74) is 2.68. The lowest BCUT2D eigenvalue weighted by Gasteiger charge is -2.16. The van der Waals surface area contributed by atoms with E-state index in [1.54, 1.807) is 50.3 Å². The number of pyridine rings is 2. The van der Waals surface area contributed by atoms with E-state index in [0.29, 0.717) is 23.5 Å². The molecule has 0 bridgehead atoms. The molecule has 0 atom stereocenters. The van der Waals surface area contributed by atoms with Crippen molar-refractivity contribution >= 4 is 6.08 Å². The molecule has 0 aliphatic heterocycles. The standard InChI is InChI=1S/C22H20N2O4/c1-23-12-11-15(17-13-24(2)21(25)16-8-6-7-14(16)17)20(22(23)26)28-19-10-5-4-9-18(19)27-3/h4-7,9-13H,8H2,1-3H3. The first-order valence-corrected chi connectivity index (χ1v) is 8.91. The molecule has 142 valence electrons. The molecule has 0 saturated carbocycles. The summed E-state index contributed by atoms with van der Waals surface area (Å²) in [6, 6.07) is 9.01. The Morgan fingerprint density at radius 3 is 2.43 bits per heavy atom. The van der Waals surface area contributed by atoms with Crippen molar-refractivity contribution in [2.24, 2.45) is 14.1 Å². The Morgan fingerprint density at radius 2 is 1.68 bits per heavy atom. The molecule has 0 spiro atoms. The van der Waals surface area contributed by atoms with Gasteiger partial charge >= 0.3 is 0 Å². The molecular formula is C22H20N2O4. The predicted molar refractivity (Wildman–Crippen MR) is 108 cm³/mol. The molecule has 1 aromatic carbocycles. The SMILES string of the molecule is COc1ccccc1Oc1c(-c2cn(C)c(=O)c3c2C=CC3)ccn(C)c1=O. The molecule has 6 heteroatoms. The summed E-state index contributed by atoms with van der Waals surface area (Å²) in [7, 11) is 4.94. The molecule has 2 heterocycles. The monoisotopic (exact) mass is 376 g/mol. The minimum atomic E-state index is -0.270. The number of aryl methyl sites for hydroxylation is 2. The van der Waals surface area contributed by atoms with Crippen LogP contribution in [0.25, 0.3) is 17.2 Å². The normalized spacial score (nSPS) is 12.1. The number of fused-ring (bicyclic) bond motifs is 1. The molecule has 3 aromatic rings. The summed E-state index contributed by atoms with van der Waals surface area (Å²) in [6.45, 7) is 0. The third-order valence-corrected chi connectivity index (χ3v) is 4.92. The minimum Gasteiger partial charge on any atom is -0.493 e. The Balaban J connectivity index is 1.96. The number of ether oxygens (including phenoxy) is 2. The van der Waals surface area contributed by atoms with E-state index < -0.39 is 0 Å². The van der Waals surface area contributed by atoms with Crippen LogP contribution in [0.2, 0.25) is 0 Å². The topological polar surface area (TPSA) is 62.5 Å². The van der Waals surface area contributed by atoms with E-state index in [1.165, 1.54) is 4.57 Å². The van der Waals surface area contributed by atoms with Crippen molar-refractivity contribution in [3.63, 3.8) is 0 Å². The zero-order valence-corrected chi connectivity index (χ0v) is 15.9. The lowest BCUT2D eigenvalue weighted by atomic mass is 9.99. The second kappa shape index (κ2) is 6.88. The number of hydrogen-bond acceptors (Lipinski definition) is 4. The number of methoxy groups -OCH3 is 1. The lowest BCUT2D eigenvalue weighted by molar-refractivity contribution is 0.377. The molecule has 1 aliphatic carbocycles. The summed E-state index contributed by atoms with van der Waals surface area (Å²) in [4.78, 5) is 25.4. The van der Waals surface area contributed by atoms with E-state index in [-0.39, 0.29) is 16.9 Å². The fourth-order valence-corrected chi connectivity index (χ4v) is 3.44. The highest BCUT2D eigenvalue weighted by Gasteiger charge is 2.22. The van der Waals surface area contributed by atoms with Crippen LogP contribution < -0.4 is 20.6 Å². The van der Waals surface area contributed by atoms with Crippen molar-refractivity contribution in [1.82, 2.24) is 9.13 Å². The van der Waals surface area contributed by atoms with Gasteiger partial charge in [0.15, 0.2) is 11.5 Å². The van der Waals surface area contributed by atoms with Gasteiger partial charge in [0.25, 0.3) is 11.1 Å². The Morgan fingerprint density at radius 1 is 0.929 bits per heavy atom. The maximum Gasteiger partial charge on any atom is 0.293 e. The maximum absolute atomic E-state index is 12.9. The second-order valence-corrected chi connectivity index (χ2v) is 6.69. The van der Waals surface area contributed by atoms with Gasteiger partial charge in [-0.2, -0.15) is 0 Å². The number of allylic oxidation sites excluding steroid dienone is 1. The molecule has 0 fully saturated rings. The van der Waals surface area contributed by atoms with E-state index in [2.05, 4.69) is 0 Å². The minimum absolute atomic E-state index is 0.0280. The van der Waals surface area contributed by atoms with E-state index >= 15 is 0 Å². The van der Waals surface area contributed by atoms with E-state index in [0.717, 1.165) is 16.7 Å². The van der Waals surface area contributed by atoms with Crippen LogP contribution in [0.1, 0.15) is 11.1 Å². The van der Waals surface area contributed by atoms with Crippen LogP contribution in [0.15, 0.2) is 58.4 Å². The van der Waals surface area contributed by atoms with Crippen LogP contribution >= 0.6 is 0 Å². The van der Waals surface area contributed by atoms with Gasteiger partial charge in [-0.25, -0.2) is 0 Å². The van der Waals surface area contributed by atoms with Gasteiger partial charge in [-0.15, -0.1) is 0 Å². The van der Waals surface area contributed by atoms with Crippen molar-refractivity contribution in [3.8, 4) is 28.4 Å². The molecule has 0 amide bonds. The van der Waals surface area contributed by atoms with Crippen LogP contribution in [-0.2, 0) is 20.5 Å². The Labute approximate surface area is 161 Å². The fourth-order valence-electron chi connectivity index (χ4n) is 3.44. The van der Waals surface area contributed by atoms with Crippen molar-refractivity contribution in [2.75, 3.05) is 7.11 Å². The van der Waals surface area contributed by atoms with Crippen LogP contribution in [0.5, 0.6) is 17.2 Å². The van der Waals surface area contributed by atoms with Gasteiger partial charge in [0.05, 0.1) is 7.11 Å². The van der Waals surface area contributed by atoms with Crippen molar-refractivity contribution in [2.45, 2.75) is 6.42 Å². The van der Waals surface area contributed by atoms with Crippen LogP contribution in [0.3, 0.4) is 0 Å². The quantitative estimate of drug-likeness (QED) is 0.702. The molecule has 28 heavy (non-hydrogen) atoms. The highest BCUT2D eigenvalue weighted by atomic mass is 16.5. The third-order valence-electron chi connectivity index (χ3n) is 4.92. The van der Waals surface area contributed by atoms with Gasteiger partial charge in [0.1, 0.15) is 0 Å². The number of nitrogens with zero attached hydrogens (tertiary/aromatic N) is 2. The summed E-state index contributed by atoms with van der Waals surface area (Å²) < 4.78 is 14.4. The molecule has 2 aromatic heterocycles. The van der Waals surface area contributed by atoms with E-state index in [9.17, 15) is 9.59 Å². The summed E-state index contributed by atoms with van der Waals surface area (Å²) in [5.74, 6) is 1.17. The highest BCUT2D eigenvalue weighted by molar-refractivity contribution is 5.81. The van der Waals surface area contributed by atoms with Crippen molar-refractivity contribution in [3.05, 3.63) is 80.6 Å². The number of benzene rings is 1. The summed E-state index contributed by atoms with van der Waals surface area (Å²) in [5, 5.41) is 0. The van der Waals surface area contributed by atoms with Gasteiger partial charge in [-0.05, 0) is 30.2 Å². The average molecular weight is 376 g/mol. The largest absolute Gasteiger partial charge is 0.493 e. The van der Waals surface area contributed by atoms with Gasteiger partial charge in [-0.3, -0.25) is 9.59 Å². The molecule has 0 radical (unpaired) electrons. The van der Waals surface area contributed by atoms with Crippen LogP contribution in [-0.4, -0.2) is 16.2 Å². The molecule has 4 rings (SSSR count). The second-order valence-electron chi connectivity index (χ2n) is 6.69. The van der Waals surface area contributed by atoms with Gasteiger partial charge in [0, 0.05) is 43.2 Å². The number of hydrogen-bond donors (Lipinski definition) is 0. The fraction of sp³-hybridized carbons (Fsp3) is 0.182. The Kier molecular flexibility index (Phi) is 4.39. The average Bonchev–Trinajstić information content (AvgIpc) is 3.19. The first-order valence-electron chi connectivity index (χ1n) is 8.91. The predicted octanol–water partition coefficient (Wildman–Crippen LogP) is 3.12. The number of rotatable bonds is 4. The Hall–Kier alpha value is -3.54. The van der Waals surface area contributed by atoms with Crippen LogP contribution in [0, 0.1) is 0 Å². The van der Waals surface area contributed by atoms with Gasteiger partial charge in [0.2, 0.25) is 5.75 Å². The van der Waals surface area contributed by atoms with E-state index in [1.807, 2.05) is 30.4 Å². The summed E-state index contributed by atoms with van der Waals surface area (Å²) in [6.07, 6.45) is 7.92. The molecule has 0 unspecified atom stereocenters.